The molecule has 5 heterocycles. The lowest BCUT2D eigenvalue weighted by molar-refractivity contribution is -0.141. The molecule has 2 aliphatic carbocycles. The summed E-state index contributed by atoms with van der Waals surface area (Å²) in [6.07, 6.45) is -8.42. The molecule has 1 amide bonds. The van der Waals surface area contributed by atoms with Gasteiger partial charge in [0, 0.05) is 37.9 Å². The largest absolute Gasteiger partial charge is 0.435 e. The SMILES string of the molecule is Cn1nc(NS(C)(=O)=O)c2c(Cl)ccc(-n3c([C@H](Cc4cc(F)cc(F)c4)NC(=O)Cn4nc(C(F)F)c5c4C(F)(F)[C@@H]4C[C@H]54)nc4nc(-c5cc(C(F)(F)F)nn5CC(C)(F)F)ccc4c3=O)c21. The van der Waals surface area contributed by atoms with Crippen molar-refractivity contribution < 1.29 is 61.5 Å². The molecule has 0 unspecified atom stereocenters. The van der Waals surface area contributed by atoms with E-state index in [1.54, 1.807) is 0 Å². The summed E-state index contributed by atoms with van der Waals surface area (Å²) in [5, 5.41) is 13.0. The Bertz CT molecular complexity index is 3440. The topological polar surface area (TPSA) is 177 Å². The molecule has 0 aliphatic heterocycles. The highest BCUT2D eigenvalue weighted by molar-refractivity contribution is 7.92. The molecular weight excluding hydrogens is 987 g/mol. The zero-order chi connectivity index (χ0) is 50.0. The predicted octanol–water partition coefficient (Wildman–Crippen LogP) is 7.95. The number of rotatable bonds is 13. The number of amides is 1. The Labute approximate surface area is 384 Å². The van der Waals surface area contributed by atoms with E-state index < -0.39 is 146 Å². The normalized spacial score (nSPS) is 17.2. The Morgan fingerprint density at radius 2 is 1.67 bits per heavy atom. The van der Waals surface area contributed by atoms with Crippen LogP contribution in [0.2, 0.25) is 5.02 Å². The summed E-state index contributed by atoms with van der Waals surface area (Å²) >= 11 is 6.57. The first kappa shape index (κ1) is 47.4. The fourth-order valence-corrected chi connectivity index (χ4v) is 9.48. The van der Waals surface area contributed by atoms with Gasteiger partial charge < -0.3 is 5.32 Å². The highest BCUT2D eigenvalue weighted by atomic mass is 35.5. The molecule has 2 aromatic carbocycles. The molecule has 2 N–H and O–H groups in total. The molecule has 0 spiro atoms. The third kappa shape index (κ3) is 8.73. The predicted molar refractivity (Wildman–Crippen MR) is 223 cm³/mol. The number of aryl methyl sites for hydroxylation is 1. The van der Waals surface area contributed by atoms with Crippen LogP contribution < -0.4 is 15.6 Å². The zero-order valence-electron chi connectivity index (χ0n) is 35.4. The number of hydrogen-bond donors (Lipinski definition) is 2. The second-order valence-corrected chi connectivity index (χ2v) is 18.9. The summed E-state index contributed by atoms with van der Waals surface area (Å²) in [4.78, 5) is 38.0. The van der Waals surface area contributed by atoms with E-state index in [-0.39, 0.29) is 39.4 Å². The summed E-state index contributed by atoms with van der Waals surface area (Å²) in [7, 11) is -2.71. The van der Waals surface area contributed by atoms with Gasteiger partial charge in [-0.3, -0.25) is 32.9 Å². The van der Waals surface area contributed by atoms with E-state index in [0.717, 1.165) is 39.8 Å². The highest BCUT2D eigenvalue weighted by Crippen LogP contribution is 2.68. The standard InChI is InChI=1S/C41H31ClF11N11O4S/c1-39(47,48)15-63-26(13-27(57-63)41(51,52)53)23-6-4-19-35(55-23)56-37(64(38(19)66)25-7-5-22(42)30-32(25)61(2)59-36(30)60-69(3,67)68)24(10-16-8-17(43)11-18(44)9-16)54-28(65)14-62-33-29(31(58-62)34(45)46)20-12-21(20)40(33,49)50/h4-9,11,13,20-21,24,34H,10,12,14-15H2,1-3H3,(H,54,65)(H,59,60)/t20-,21+,24-/m0/s1. The van der Waals surface area contributed by atoms with E-state index in [2.05, 4.69) is 35.3 Å². The molecule has 1 saturated carbocycles. The van der Waals surface area contributed by atoms with Crippen molar-refractivity contribution >= 4 is 55.3 Å². The Hall–Kier alpha value is -6.64. The maximum absolute atomic E-state index is 15.6. The number of aromatic nitrogens is 9. The molecule has 3 atom stereocenters. The number of benzene rings is 2. The Morgan fingerprint density at radius 3 is 2.30 bits per heavy atom. The minimum atomic E-state index is -5.12. The molecule has 9 rings (SSSR count). The van der Waals surface area contributed by atoms with Crippen molar-refractivity contribution in [2.24, 2.45) is 13.0 Å². The van der Waals surface area contributed by atoms with Crippen LogP contribution in [0.25, 0.3) is 39.0 Å². The van der Waals surface area contributed by atoms with Crippen molar-refractivity contribution in [1.29, 1.82) is 0 Å². The number of nitrogens with zero attached hydrogens (tertiary/aromatic N) is 9. The van der Waals surface area contributed by atoms with Gasteiger partial charge in [-0.1, -0.05) is 11.6 Å². The summed E-state index contributed by atoms with van der Waals surface area (Å²) in [6.45, 7) is -2.09. The van der Waals surface area contributed by atoms with E-state index in [4.69, 9.17) is 11.6 Å². The van der Waals surface area contributed by atoms with Gasteiger partial charge in [0.05, 0.1) is 50.7 Å². The first-order chi connectivity index (χ1) is 32.1. The molecule has 364 valence electrons. The third-order valence-electron chi connectivity index (χ3n) is 11.4. The van der Waals surface area contributed by atoms with Crippen LogP contribution in [-0.2, 0) is 53.5 Å². The van der Waals surface area contributed by atoms with E-state index in [9.17, 15) is 52.7 Å². The number of carbonyl (C=O) groups excluding carboxylic acids is 1. The minimum absolute atomic E-state index is 0.0823. The van der Waals surface area contributed by atoms with Crippen molar-refractivity contribution in [1.82, 2.24) is 49.2 Å². The van der Waals surface area contributed by atoms with Crippen molar-refractivity contribution in [2.45, 2.75) is 69.3 Å². The first-order valence-electron chi connectivity index (χ1n) is 20.2. The molecule has 7 aromatic rings. The van der Waals surface area contributed by atoms with Crippen molar-refractivity contribution in [3.8, 4) is 17.1 Å². The Morgan fingerprint density at radius 1 is 0.971 bits per heavy atom. The summed E-state index contributed by atoms with van der Waals surface area (Å²) in [5.74, 6) is -13.9. The van der Waals surface area contributed by atoms with Gasteiger partial charge in [0.25, 0.3) is 23.8 Å². The van der Waals surface area contributed by atoms with Crippen LogP contribution in [0.3, 0.4) is 0 Å². The van der Waals surface area contributed by atoms with Crippen LogP contribution in [0, 0.1) is 17.6 Å². The molecule has 15 nitrogen and oxygen atoms in total. The monoisotopic (exact) mass is 1020 g/mol. The van der Waals surface area contributed by atoms with Crippen LogP contribution in [0.4, 0.5) is 54.1 Å². The van der Waals surface area contributed by atoms with E-state index >= 15 is 13.6 Å². The fourth-order valence-electron chi connectivity index (χ4n) is 8.75. The van der Waals surface area contributed by atoms with Gasteiger partial charge >= 0.3 is 6.18 Å². The number of pyridine rings is 1. The van der Waals surface area contributed by atoms with Crippen molar-refractivity contribution in [3.63, 3.8) is 0 Å². The Kier molecular flexibility index (Phi) is 11.2. The number of anilines is 1. The molecule has 1 fully saturated rings. The smallest absolute Gasteiger partial charge is 0.344 e. The van der Waals surface area contributed by atoms with Gasteiger partial charge in [-0.2, -0.15) is 37.2 Å². The molecule has 28 heteroatoms. The van der Waals surface area contributed by atoms with Crippen LogP contribution in [-0.4, -0.2) is 70.4 Å². The number of carbonyl (C=O) groups is 1. The Balaban J connectivity index is 1.28. The second-order valence-electron chi connectivity index (χ2n) is 16.7. The number of halogens is 12. The van der Waals surface area contributed by atoms with Gasteiger partial charge in [-0.05, 0) is 60.4 Å². The van der Waals surface area contributed by atoms with Crippen LogP contribution in [0.15, 0.2) is 53.3 Å². The maximum atomic E-state index is 15.6. The van der Waals surface area contributed by atoms with Gasteiger partial charge in [-0.25, -0.2) is 44.7 Å². The molecule has 0 radical (unpaired) electrons. The highest BCUT2D eigenvalue weighted by Gasteiger charge is 2.67. The summed E-state index contributed by atoms with van der Waals surface area (Å²) in [5.41, 5.74) is -7.15. The van der Waals surface area contributed by atoms with Crippen LogP contribution in [0.1, 0.15) is 65.8 Å². The maximum Gasteiger partial charge on any atom is 0.435 e. The van der Waals surface area contributed by atoms with Gasteiger partial charge in [0.1, 0.15) is 41.9 Å². The lowest BCUT2D eigenvalue weighted by Crippen LogP contribution is -2.38. The lowest BCUT2D eigenvalue weighted by atomic mass is 10.0. The quantitative estimate of drug-likeness (QED) is 0.109. The third-order valence-corrected chi connectivity index (χ3v) is 12.3. The van der Waals surface area contributed by atoms with Crippen molar-refractivity contribution in [3.05, 3.63) is 110 Å². The van der Waals surface area contributed by atoms with Crippen LogP contribution >= 0.6 is 11.6 Å². The number of hydrogen-bond acceptors (Lipinski definition) is 9. The average molecular weight is 1020 g/mol. The van der Waals surface area contributed by atoms with E-state index in [0.29, 0.717) is 28.4 Å². The molecule has 0 saturated heterocycles. The van der Waals surface area contributed by atoms with Crippen molar-refractivity contribution in [2.75, 3.05) is 11.0 Å². The number of alkyl halides is 9. The fraction of sp³-hybridized carbons (Fsp3) is 0.341. The van der Waals surface area contributed by atoms with E-state index in [1.165, 1.54) is 19.2 Å². The molecule has 69 heavy (non-hydrogen) atoms. The molecule has 2 aliphatic rings. The summed E-state index contributed by atoms with van der Waals surface area (Å²) < 4.78 is 189. The van der Waals surface area contributed by atoms with Gasteiger partial charge in [0.15, 0.2) is 17.2 Å². The second kappa shape index (κ2) is 16.2. The van der Waals surface area contributed by atoms with E-state index in [1.807, 2.05) is 0 Å². The first-order valence-corrected chi connectivity index (χ1v) is 22.5. The van der Waals surface area contributed by atoms with Crippen LogP contribution in [0.5, 0.6) is 0 Å². The van der Waals surface area contributed by atoms with Gasteiger partial charge in [0.2, 0.25) is 15.9 Å². The van der Waals surface area contributed by atoms with Gasteiger partial charge in [-0.15, -0.1) is 0 Å². The molecular formula is C41H31ClF11N11O4S. The average Bonchev–Trinajstić information content (AvgIpc) is 3.46. The molecule has 5 aromatic heterocycles. The number of sulfonamides is 1. The molecule has 0 bridgehead atoms. The summed E-state index contributed by atoms with van der Waals surface area (Å²) in [6, 6.07) is 5.29. The lowest BCUT2D eigenvalue weighted by Gasteiger charge is -2.24. The zero-order valence-corrected chi connectivity index (χ0v) is 36.9. The minimum Gasteiger partial charge on any atom is -0.344 e. The number of fused-ring (bicyclic) bond motifs is 5. The number of nitrogens with one attached hydrogen (secondary N) is 2.